The quantitative estimate of drug-likeness (QED) is 0.329. The van der Waals surface area contributed by atoms with Crippen LogP contribution in [0.4, 0.5) is 0 Å². The number of aryl methyl sites for hydroxylation is 2. The van der Waals surface area contributed by atoms with Crippen LogP contribution in [0.15, 0.2) is 65.0 Å². The standard InChI is InChI=1S/C25H28N4O2/c1-5-10-26-13-18-17-8-6-7-9-20(17)28-23(18)24-19(14-30)25(31-4)22(29-24)12-21-15(2)11-16(3)27-21/h5-9,11-12,26-28,30H,1,10,13-14H2,2-4H3. The molecule has 3 aromatic rings. The van der Waals surface area contributed by atoms with Gasteiger partial charge in [0.15, 0.2) is 5.76 Å². The summed E-state index contributed by atoms with van der Waals surface area (Å²) in [7, 11) is 1.61. The number of hydrogen-bond acceptors (Lipinski definition) is 4. The maximum Gasteiger partial charge on any atom is 0.152 e. The van der Waals surface area contributed by atoms with Crippen LogP contribution in [0.25, 0.3) is 17.0 Å². The number of aliphatic hydroxyl groups excluding tert-OH is 1. The Hall–Kier alpha value is -3.35. The minimum atomic E-state index is -0.170. The Kier molecular flexibility index (Phi) is 5.93. The van der Waals surface area contributed by atoms with Crippen LogP contribution in [0.1, 0.15) is 28.2 Å². The zero-order valence-electron chi connectivity index (χ0n) is 18.2. The molecule has 6 nitrogen and oxygen atoms in total. The van der Waals surface area contributed by atoms with Gasteiger partial charge >= 0.3 is 0 Å². The van der Waals surface area contributed by atoms with Crippen molar-refractivity contribution in [3.8, 4) is 0 Å². The summed E-state index contributed by atoms with van der Waals surface area (Å²) >= 11 is 0. The number of nitrogens with zero attached hydrogens (tertiary/aromatic N) is 1. The maximum atomic E-state index is 10.2. The number of aliphatic hydroxyl groups is 1. The number of methoxy groups -OCH3 is 1. The molecular formula is C25H28N4O2. The van der Waals surface area contributed by atoms with Gasteiger partial charge in [0.2, 0.25) is 0 Å². The molecule has 6 heteroatoms. The van der Waals surface area contributed by atoms with E-state index in [1.165, 1.54) is 0 Å². The minimum Gasteiger partial charge on any atom is -0.494 e. The van der Waals surface area contributed by atoms with E-state index in [0.717, 1.165) is 39.1 Å². The summed E-state index contributed by atoms with van der Waals surface area (Å²) in [5.74, 6) is 0.591. The largest absolute Gasteiger partial charge is 0.494 e. The number of ether oxygens (including phenoxy) is 1. The molecule has 0 unspecified atom stereocenters. The van der Waals surface area contributed by atoms with E-state index in [9.17, 15) is 5.11 Å². The van der Waals surface area contributed by atoms with Crippen LogP contribution in [0.2, 0.25) is 0 Å². The van der Waals surface area contributed by atoms with E-state index < -0.39 is 0 Å². The summed E-state index contributed by atoms with van der Waals surface area (Å²) in [6.07, 6.45) is 3.81. The smallest absolute Gasteiger partial charge is 0.152 e. The number of rotatable bonds is 8. The van der Waals surface area contributed by atoms with Gasteiger partial charge in [-0.25, -0.2) is 4.99 Å². The fraction of sp³-hybridized carbons (Fsp3) is 0.240. The molecule has 4 N–H and O–H groups in total. The van der Waals surface area contributed by atoms with Gasteiger partial charge in [0.25, 0.3) is 0 Å². The van der Waals surface area contributed by atoms with Crippen molar-refractivity contribution < 1.29 is 9.84 Å². The van der Waals surface area contributed by atoms with Gasteiger partial charge in [-0.05, 0) is 37.6 Å². The van der Waals surface area contributed by atoms with Gasteiger partial charge in [0.05, 0.1) is 25.1 Å². The second-order valence-corrected chi connectivity index (χ2v) is 7.65. The Balaban J connectivity index is 1.87. The third-order valence-electron chi connectivity index (χ3n) is 5.50. The second kappa shape index (κ2) is 8.79. The molecular weight excluding hydrogens is 388 g/mol. The Labute approximate surface area is 182 Å². The Bertz CT molecular complexity index is 1220. The number of nitrogens with one attached hydrogen (secondary N) is 3. The van der Waals surface area contributed by atoms with Gasteiger partial charge in [-0.2, -0.15) is 0 Å². The number of para-hydroxylation sites is 1. The summed E-state index contributed by atoms with van der Waals surface area (Å²) in [6.45, 7) is 9.05. The average molecular weight is 417 g/mol. The molecule has 0 radical (unpaired) electrons. The molecule has 0 saturated heterocycles. The SMILES string of the molecule is C=CCNCc1c(C2=NC(=Cc3[nH]c(C)cc3C)C(OC)=C2CO)[nH]c2ccccc12. The van der Waals surface area contributed by atoms with E-state index in [2.05, 4.69) is 40.9 Å². The number of benzene rings is 1. The zero-order valence-corrected chi connectivity index (χ0v) is 18.2. The lowest BCUT2D eigenvalue weighted by Gasteiger charge is -2.08. The third kappa shape index (κ3) is 3.87. The van der Waals surface area contributed by atoms with Crippen molar-refractivity contribution in [2.45, 2.75) is 20.4 Å². The fourth-order valence-corrected chi connectivity index (χ4v) is 4.10. The lowest BCUT2D eigenvalue weighted by Crippen LogP contribution is -2.16. The van der Waals surface area contributed by atoms with Gasteiger partial charge in [-0.1, -0.05) is 24.3 Å². The van der Waals surface area contributed by atoms with Crippen LogP contribution in [0.5, 0.6) is 0 Å². The number of aromatic nitrogens is 2. The molecule has 31 heavy (non-hydrogen) atoms. The monoisotopic (exact) mass is 416 g/mol. The first-order valence-corrected chi connectivity index (χ1v) is 10.3. The van der Waals surface area contributed by atoms with Crippen molar-refractivity contribution in [2.75, 3.05) is 20.3 Å². The summed E-state index contributed by atoms with van der Waals surface area (Å²) < 4.78 is 5.69. The topological polar surface area (TPSA) is 85.4 Å². The first-order chi connectivity index (χ1) is 15.1. The molecule has 3 heterocycles. The second-order valence-electron chi connectivity index (χ2n) is 7.65. The molecule has 0 fully saturated rings. The van der Waals surface area contributed by atoms with Crippen LogP contribution >= 0.6 is 0 Å². The predicted molar refractivity (Wildman–Crippen MR) is 126 cm³/mol. The van der Waals surface area contributed by atoms with E-state index >= 15 is 0 Å². The lowest BCUT2D eigenvalue weighted by molar-refractivity contribution is 0.283. The zero-order chi connectivity index (χ0) is 22.0. The highest BCUT2D eigenvalue weighted by atomic mass is 16.5. The van der Waals surface area contributed by atoms with Gasteiger partial charge in [-0.15, -0.1) is 6.58 Å². The van der Waals surface area contributed by atoms with Crippen LogP contribution < -0.4 is 5.32 Å². The highest BCUT2D eigenvalue weighted by Crippen LogP contribution is 2.33. The highest BCUT2D eigenvalue weighted by molar-refractivity contribution is 6.18. The predicted octanol–water partition coefficient (Wildman–Crippen LogP) is 4.13. The number of H-pyrrole nitrogens is 2. The summed E-state index contributed by atoms with van der Waals surface area (Å²) in [5, 5.41) is 14.7. The first-order valence-electron chi connectivity index (χ1n) is 10.3. The van der Waals surface area contributed by atoms with Crippen molar-refractivity contribution in [1.29, 1.82) is 0 Å². The molecule has 0 atom stereocenters. The molecule has 1 aliphatic heterocycles. The molecule has 4 rings (SSSR count). The minimum absolute atomic E-state index is 0.170. The number of fused-ring (bicyclic) bond motifs is 1. The fourth-order valence-electron chi connectivity index (χ4n) is 4.10. The molecule has 0 bridgehead atoms. The molecule has 0 amide bonds. The van der Waals surface area contributed by atoms with E-state index in [0.29, 0.717) is 35.8 Å². The van der Waals surface area contributed by atoms with Crippen LogP contribution in [0, 0.1) is 13.8 Å². The Morgan fingerprint density at radius 3 is 2.71 bits per heavy atom. The molecule has 0 aliphatic carbocycles. The van der Waals surface area contributed by atoms with Crippen LogP contribution in [-0.2, 0) is 11.3 Å². The van der Waals surface area contributed by atoms with E-state index in [-0.39, 0.29) is 6.61 Å². The van der Waals surface area contributed by atoms with E-state index in [4.69, 9.17) is 9.73 Å². The van der Waals surface area contributed by atoms with E-state index in [1.807, 2.05) is 37.3 Å². The molecule has 0 saturated carbocycles. The lowest BCUT2D eigenvalue weighted by atomic mass is 10.0. The Morgan fingerprint density at radius 1 is 1.23 bits per heavy atom. The Morgan fingerprint density at radius 2 is 2.03 bits per heavy atom. The summed E-state index contributed by atoms with van der Waals surface area (Å²) in [4.78, 5) is 11.8. The number of aliphatic imine (C=N–C) groups is 1. The number of aromatic amines is 2. The van der Waals surface area contributed by atoms with Crippen molar-refractivity contribution >= 4 is 22.7 Å². The number of hydrogen-bond donors (Lipinski definition) is 4. The van der Waals surface area contributed by atoms with Gasteiger partial charge in [0, 0.05) is 46.5 Å². The average Bonchev–Trinajstić information content (AvgIpc) is 3.40. The van der Waals surface area contributed by atoms with Crippen LogP contribution in [0.3, 0.4) is 0 Å². The molecule has 160 valence electrons. The highest BCUT2D eigenvalue weighted by Gasteiger charge is 2.29. The summed E-state index contributed by atoms with van der Waals surface area (Å²) in [5.41, 5.74) is 8.29. The maximum absolute atomic E-state index is 10.2. The van der Waals surface area contributed by atoms with Gasteiger partial charge < -0.3 is 25.1 Å². The van der Waals surface area contributed by atoms with Crippen molar-refractivity contribution in [3.63, 3.8) is 0 Å². The third-order valence-corrected chi connectivity index (χ3v) is 5.50. The van der Waals surface area contributed by atoms with E-state index in [1.54, 1.807) is 7.11 Å². The van der Waals surface area contributed by atoms with Gasteiger partial charge in [-0.3, -0.25) is 0 Å². The van der Waals surface area contributed by atoms with Gasteiger partial charge in [0.1, 0.15) is 5.70 Å². The molecule has 0 spiro atoms. The van der Waals surface area contributed by atoms with Crippen LogP contribution in [-0.4, -0.2) is 41.0 Å². The van der Waals surface area contributed by atoms with Crippen molar-refractivity contribution in [1.82, 2.24) is 15.3 Å². The molecule has 1 aliphatic rings. The van der Waals surface area contributed by atoms with Crippen molar-refractivity contribution in [3.05, 3.63) is 88.2 Å². The van der Waals surface area contributed by atoms with Crippen molar-refractivity contribution in [2.24, 2.45) is 4.99 Å². The normalized spacial score (nSPS) is 15.2. The molecule has 2 aromatic heterocycles. The molecule has 1 aromatic carbocycles. The first kappa shape index (κ1) is 20.9. The summed E-state index contributed by atoms with van der Waals surface area (Å²) in [6, 6.07) is 10.3.